The van der Waals surface area contributed by atoms with E-state index in [1.165, 1.54) is 0 Å². The Hall–Kier alpha value is -1.54. The zero-order valence-corrected chi connectivity index (χ0v) is 15.6. The van der Waals surface area contributed by atoms with Gasteiger partial charge in [0.05, 0.1) is 10.7 Å². The van der Waals surface area contributed by atoms with Crippen LogP contribution in [0.25, 0.3) is 0 Å². The van der Waals surface area contributed by atoms with E-state index in [-0.39, 0.29) is 26.6 Å². The maximum absolute atomic E-state index is 12.0. The number of hydrogen-bond donors (Lipinski definition) is 2. The highest BCUT2D eigenvalue weighted by Crippen LogP contribution is 2.34. The summed E-state index contributed by atoms with van der Waals surface area (Å²) in [6, 6.07) is 6.87. The lowest BCUT2D eigenvalue weighted by atomic mass is 10.3. The lowest BCUT2D eigenvalue weighted by Crippen LogP contribution is -2.21. The van der Waals surface area contributed by atoms with Crippen molar-refractivity contribution in [1.82, 2.24) is 4.98 Å². The van der Waals surface area contributed by atoms with Gasteiger partial charge >= 0.3 is 5.97 Å². The first-order valence-electron chi connectivity index (χ1n) is 6.32. The number of hydrogen-bond acceptors (Lipinski definition) is 5. The minimum atomic E-state index is -0.948. The zero-order valence-electron chi connectivity index (χ0n) is 11.8. The number of amides is 1. The summed E-state index contributed by atoms with van der Waals surface area (Å²) in [5, 5.41) is 2.11. The number of halogens is 4. The van der Waals surface area contributed by atoms with Crippen molar-refractivity contribution in [1.29, 1.82) is 0 Å². The number of rotatable bonds is 4. The van der Waals surface area contributed by atoms with Crippen molar-refractivity contribution in [2.24, 2.45) is 0 Å². The quantitative estimate of drug-likeness (QED) is 0.535. The second-order valence-corrected chi connectivity index (χ2v) is 6.45. The van der Waals surface area contributed by atoms with Crippen LogP contribution in [-0.2, 0) is 9.53 Å². The predicted molar refractivity (Wildman–Crippen MR) is 96.7 cm³/mol. The number of nitrogens with two attached hydrogens (primary N) is 1. The highest BCUT2D eigenvalue weighted by molar-refractivity contribution is 9.10. The maximum atomic E-state index is 12.0. The topological polar surface area (TPSA) is 94.3 Å². The first kappa shape index (κ1) is 18.8. The van der Waals surface area contributed by atoms with Crippen LogP contribution in [0.3, 0.4) is 0 Å². The molecule has 1 amide bonds. The van der Waals surface area contributed by atoms with Gasteiger partial charge in [-0.3, -0.25) is 4.79 Å². The largest absolute Gasteiger partial charge is 0.451 e. The highest BCUT2D eigenvalue weighted by Gasteiger charge is 2.21. The molecule has 1 heterocycles. The standard InChI is InChI=1S/C14H9BrCl3N3O3/c15-6-1-3-7(4-2-6)20-8(22)5-24-14(23)12-9(16)11(19)10(17)13(18)21-12/h1-4H,5H2,(H2,19,21)(H,20,22). The molecule has 2 rings (SSSR count). The maximum Gasteiger partial charge on any atom is 0.359 e. The number of ether oxygens (including phenoxy) is 1. The van der Waals surface area contributed by atoms with Crippen molar-refractivity contribution in [3.05, 3.63) is 49.6 Å². The molecule has 1 aromatic heterocycles. The minimum Gasteiger partial charge on any atom is -0.451 e. The van der Waals surface area contributed by atoms with Crippen LogP contribution in [0, 0.1) is 0 Å². The Kier molecular flexibility index (Phi) is 6.28. The average Bonchev–Trinajstić information content (AvgIpc) is 2.56. The molecule has 6 nitrogen and oxygen atoms in total. The molecule has 0 saturated carbocycles. The molecule has 0 fully saturated rings. The van der Waals surface area contributed by atoms with Crippen molar-refractivity contribution in [3.8, 4) is 0 Å². The van der Waals surface area contributed by atoms with Crippen LogP contribution in [0.1, 0.15) is 10.5 Å². The monoisotopic (exact) mass is 451 g/mol. The Morgan fingerprint density at radius 1 is 1.17 bits per heavy atom. The van der Waals surface area contributed by atoms with Gasteiger partial charge in [0.15, 0.2) is 17.5 Å². The molecule has 24 heavy (non-hydrogen) atoms. The summed E-state index contributed by atoms with van der Waals surface area (Å²) >= 11 is 20.7. The van der Waals surface area contributed by atoms with Gasteiger partial charge in [-0.25, -0.2) is 9.78 Å². The van der Waals surface area contributed by atoms with E-state index in [2.05, 4.69) is 26.2 Å². The van der Waals surface area contributed by atoms with E-state index in [1.54, 1.807) is 24.3 Å². The number of aromatic nitrogens is 1. The molecular weight excluding hydrogens is 444 g/mol. The highest BCUT2D eigenvalue weighted by atomic mass is 79.9. The SMILES string of the molecule is Nc1c(Cl)c(Cl)nc(C(=O)OCC(=O)Nc2ccc(Br)cc2)c1Cl. The van der Waals surface area contributed by atoms with Gasteiger partial charge in [0.1, 0.15) is 5.02 Å². The van der Waals surface area contributed by atoms with Gasteiger partial charge < -0.3 is 15.8 Å². The summed E-state index contributed by atoms with van der Waals surface area (Å²) in [6.07, 6.45) is 0. The summed E-state index contributed by atoms with van der Waals surface area (Å²) in [4.78, 5) is 27.5. The van der Waals surface area contributed by atoms with E-state index in [0.717, 1.165) is 4.47 Å². The molecule has 3 N–H and O–H groups in total. The van der Waals surface area contributed by atoms with Gasteiger partial charge in [-0.1, -0.05) is 50.7 Å². The number of nitrogens with one attached hydrogen (secondary N) is 1. The first-order valence-corrected chi connectivity index (χ1v) is 8.24. The number of benzene rings is 1. The summed E-state index contributed by atoms with van der Waals surface area (Å²) in [7, 11) is 0. The molecule has 0 spiro atoms. The van der Waals surface area contributed by atoms with E-state index in [0.29, 0.717) is 5.69 Å². The third-order valence-electron chi connectivity index (χ3n) is 2.73. The van der Waals surface area contributed by atoms with Crippen molar-refractivity contribution in [2.75, 3.05) is 17.7 Å². The Morgan fingerprint density at radius 2 is 1.79 bits per heavy atom. The van der Waals surface area contributed by atoms with Crippen LogP contribution in [-0.4, -0.2) is 23.5 Å². The molecule has 2 aromatic rings. The van der Waals surface area contributed by atoms with E-state index in [9.17, 15) is 9.59 Å². The fourth-order valence-electron chi connectivity index (χ4n) is 1.60. The normalized spacial score (nSPS) is 10.3. The molecule has 0 aliphatic rings. The Labute approximate surface area is 160 Å². The summed E-state index contributed by atoms with van der Waals surface area (Å²) < 4.78 is 5.72. The van der Waals surface area contributed by atoms with E-state index < -0.39 is 18.5 Å². The number of carbonyl (C=O) groups excluding carboxylic acids is 2. The van der Waals surface area contributed by atoms with Gasteiger partial charge in [-0.2, -0.15) is 0 Å². The minimum absolute atomic E-state index is 0.0637. The molecule has 0 bridgehead atoms. The van der Waals surface area contributed by atoms with Crippen LogP contribution in [0.5, 0.6) is 0 Å². The first-order chi connectivity index (χ1) is 11.3. The Morgan fingerprint density at radius 3 is 2.42 bits per heavy atom. The van der Waals surface area contributed by atoms with Crippen molar-refractivity contribution in [3.63, 3.8) is 0 Å². The fraction of sp³-hybridized carbons (Fsp3) is 0.0714. The van der Waals surface area contributed by atoms with Gasteiger partial charge in [-0.05, 0) is 24.3 Å². The molecule has 0 atom stereocenters. The van der Waals surface area contributed by atoms with Gasteiger partial charge in [0.25, 0.3) is 5.91 Å². The van der Waals surface area contributed by atoms with Crippen LogP contribution < -0.4 is 11.1 Å². The number of pyridine rings is 1. The third kappa shape index (κ3) is 4.51. The van der Waals surface area contributed by atoms with Gasteiger partial charge in [-0.15, -0.1) is 0 Å². The average molecular weight is 454 g/mol. The van der Waals surface area contributed by atoms with Crippen LogP contribution >= 0.6 is 50.7 Å². The molecule has 10 heteroatoms. The number of carbonyl (C=O) groups is 2. The number of nitrogen functional groups attached to an aromatic ring is 1. The molecule has 0 aliphatic heterocycles. The number of anilines is 2. The van der Waals surface area contributed by atoms with Crippen LogP contribution in [0.2, 0.25) is 15.2 Å². The zero-order chi connectivity index (χ0) is 17.9. The Bertz CT molecular complexity index is 800. The fourth-order valence-corrected chi connectivity index (χ4v) is 2.45. The van der Waals surface area contributed by atoms with Gasteiger partial charge in [0, 0.05) is 10.2 Å². The predicted octanol–water partition coefficient (Wildman–Crippen LogP) is 4.18. The Balaban J connectivity index is 2.00. The summed E-state index contributed by atoms with van der Waals surface area (Å²) in [5.74, 6) is -1.48. The molecule has 0 radical (unpaired) electrons. The second kappa shape index (κ2) is 8.02. The molecule has 0 aliphatic carbocycles. The van der Waals surface area contributed by atoms with E-state index in [1.807, 2.05) is 0 Å². The van der Waals surface area contributed by atoms with Gasteiger partial charge in [0.2, 0.25) is 0 Å². The molecule has 0 saturated heterocycles. The van der Waals surface area contributed by atoms with Crippen LogP contribution in [0.4, 0.5) is 11.4 Å². The number of nitrogens with zero attached hydrogens (tertiary/aromatic N) is 1. The van der Waals surface area contributed by atoms with E-state index >= 15 is 0 Å². The van der Waals surface area contributed by atoms with Crippen molar-refractivity contribution >= 4 is 74.0 Å². The van der Waals surface area contributed by atoms with Crippen LogP contribution in [0.15, 0.2) is 28.7 Å². The molecular formula is C14H9BrCl3N3O3. The van der Waals surface area contributed by atoms with Crippen molar-refractivity contribution in [2.45, 2.75) is 0 Å². The molecule has 1 aromatic carbocycles. The summed E-state index contributed by atoms with van der Waals surface area (Å²) in [6.45, 7) is -0.535. The lowest BCUT2D eigenvalue weighted by Gasteiger charge is -2.09. The smallest absolute Gasteiger partial charge is 0.359 e. The number of esters is 1. The molecule has 126 valence electrons. The lowest BCUT2D eigenvalue weighted by molar-refractivity contribution is -0.119. The summed E-state index contributed by atoms with van der Waals surface area (Å²) in [5.41, 5.74) is 5.75. The van der Waals surface area contributed by atoms with Crippen molar-refractivity contribution < 1.29 is 14.3 Å². The van der Waals surface area contributed by atoms with E-state index in [4.69, 9.17) is 45.3 Å². The third-order valence-corrected chi connectivity index (χ3v) is 4.39. The molecule has 0 unspecified atom stereocenters. The second-order valence-electron chi connectivity index (χ2n) is 4.42.